The SMILES string of the molecule is CCCCN(CC(=O)Nc1cccc(C#N)c1)Cc1nc2ccccc2c(=O)[nH]1. The van der Waals surface area contributed by atoms with Gasteiger partial charge in [0.05, 0.1) is 35.6 Å². The third kappa shape index (κ3) is 5.50. The van der Waals surface area contributed by atoms with Crippen LogP contribution in [0.25, 0.3) is 10.9 Å². The second kappa shape index (κ2) is 9.62. The largest absolute Gasteiger partial charge is 0.325 e. The molecule has 2 aromatic carbocycles. The molecule has 1 heterocycles. The minimum atomic E-state index is -0.182. The number of benzene rings is 2. The number of amides is 1. The predicted octanol–water partition coefficient (Wildman–Crippen LogP) is 3.04. The number of anilines is 1. The van der Waals surface area contributed by atoms with Gasteiger partial charge in [-0.25, -0.2) is 4.98 Å². The molecule has 0 aliphatic rings. The number of hydrogen-bond acceptors (Lipinski definition) is 5. The fraction of sp³-hybridized carbons (Fsp3) is 0.273. The molecule has 0 saturated heterocycles. The first-order chi connectivity index (χ1) is 14.1. The lowest BCUT2D eigenvalue weighted by Crippen LogP contribution is -2.34. The fourth-order valence-electron chi connectivity index (χ4n) is 3.09. The summed E-state index contributed by atoms with van der Waals surface area (Å²) in [6.45, 7) is 3.32. The molecule has 0 unspecified atom stereocenters. The van der Waals surface area contributed by atoms with Gasteiger partial charge in [-0.1, -0.05) is 31.5 Å². The quantitative estimate of drug-likeness (QED) is 0.616. The second-order valence-electron chi connectivity index (χ2n) is 6.83. The molecular weight excluding hydrogens is 366 g/mol. The Morgan fingerprint density at radius 1 is 1.24 bits per heavy atom. The number of carbonyl (C=O) groups is 1. The van der Waals surface area contributed by atoms with E-state index in [0.29, 0.717) is 41.1 Å². The zero-order chi connectivity index (χ0) is 20.6. The van der Waals surface area contributed by atoms with Gasteiger partial charge < -0.3 is 10.3 Å². The van der Waals surface area contributed by atoms with Crippen LogP contribution in [0.4, 0.5) is 5.69 Å². The van der Waals surface area contributed by atoms with E-state index in [4.69, 9.17) is 5.26 Å². The van der Waals surface area contributed by atoms with Crippen molar-refractivity contribution in [1.29, 1.82) is 5.26 Å². The Morgan fingerprint density at radius 3 is 2.86 bits per heavy atom. The van der Waals surface area contributed by atoms with Crippen LogP contribution in [0.5, 0.6) is 0 Å². The zero-order valence-electron chi connectivity index (χ0n) is 16.3. The molecule has 0 aliphatic carbocycles. The molecule has 0 saturated carbocycles. The van der Waals surface area contributed by atoms with Crippen molar-refractivity contribution < 1.29 is 4.79 Å². The Kier molecular flexibility index (Phi) is 6.72. The number of unbranched alkanes of at least 4 members (excludes halogenated alkanes) is 1. The molecular formula is C22H23N5O2. The number of aromatic nitrogens is 2. The summed E-state index contributed by atoms with van der Waals surface area (Å²) in [6.07, 6.45) is 1.92. The van der Waals surface area contributed by atoms with Crippen LogP contribution in [0.2, 0.25) is 0 Å². The normalized spacial score (nSPS) is 10.8. The number of carbonyl (C=O) groups excluding carboxylic acids is 1. The van der Waals surface area contributed by atoms with Gasteiger partial charge in [0.1, 0.15) is 5.82 Å². The zero-order valence-corrected chi connectivity index (χ0v) is 16.3. The summed E-state index contributed by atoms with van der Waals surface area (Å²) in [5.74, 6) is 0.350. The maximum atomic E-state index is 12.5. The van der Waals surface area contributed by atoms with Crippen molar-refractivity contribution in [2.75, 3.05) is 18.4 Å². The van der Waals surface area contributed by atoms with Crippen LogP contribution in [0.1, 0.15) is 31.2 Å². The Bertz CT molecular complexity index is 1100. The first-order valence-electron chi connectivity index (χ1n) is 9.59. The topological polar surface area (TPSA) is 102 Å². The number of nitriles is 1. The van der Waals surface area contributed by atoms with Gasteiger partial charge in [-0.15, -0.1) is 0 Å². The van der Waals surface area contributed by atoms with E-state index in [1.807, 2.05) is 11.0 Å². The monoisotopic (exact) mass is 389 g/mol. The van der Waals surface area contributed by atoms with Crippen molar-refractivity contribution in [2.24, 2.45) is 0 Å². The summed E-state index contributed by atoms with van der Waals surface area (Å²) < 4.78 is 0. The van der Waals surface area contributed by atoms with Crippen LogP contribution < -0.4 is 10.9 Å². The highest BCUT2D eigenvalue weighted by Crippen LogP contribution is 2.11. The van der Waals surface area contributed by atoms with Crippen LogP contribution in [0.15, 0.2) is 53.3 Å². The van der Waals surface area contributed by atoms with Crippen LogP contribution in [0.3, 0.4) is 0 Å². The van der Waals surface area contributed by atoms with Crippen molar-refractivity contribution in [2.45, 2.75) is 26.3 Å². The predicted molar refractivity (Wildman–Crippen MR) is 112 cm³/mol. The average molecular weight is 389 g/mol. The highest BCUT2D eigenvalue weighted by molar-refractivity contribution is 5.92. The Hall–Kier alpha value is -3.50. The molecule has 3 rings (SSSR count). The van der Waals surface area contributed by atoms with Crippen molar-refractivity contribution in [3.63, 3.8) is 0 Å². The van der Waals surface area contributed by atoms with Crippen molar-refractivity contribution in [1.82, 2.24) is 14.9 Å². The molecule has 0 atom stereocenters. The highest BCUT2D eigenvalue weighted by Gasteiger charge is 2.14. The van der Waals surface area contributed by atoms with E-state index in [9.17, 15) is 9.59 Å². The van der Waals surface area contributed by atoms with Gasteiger partial charge in [-0.05, 0) is 43.3 Å². The third-order valence-electron chi connectivity index (χ3n) is 4.51. The lowest BCUT2D eigenvalue weighted by Gasteiger charge is -2.21. The van der Waals surface area contributed by atoms with Crippen LogP contribution >= 0.6 is 0 Å². The average Bonchev–Trinajstić information content (AvgIpc) is 2.72. The van der Waals surface area contributed by atoms with Crippen LogP contribution in [0, 0.1) is 11.3 Å². The molecule has 1 amide bonds. The molecule has 0 fully saturated rings. The number of aromatic amines is 1. The third-order valence-corrected chi connectivity index (χ3v) is 4.51. The maximum Gasteiger partial charge on any atom is 0.258 e. The number of hydrogen-bond donors (Lipinski definition) is 2. The maximum absolute atomic E-state index is 12.5. The molecule has 0 radical (unpaired) electrons. The minimum absolute atomic E-state index is 0.160. The lowest BCUT2D eigenvalue weighted by atomic mass is 10.2. The first kappa shape index (κ1) is 20.2. The molecule has 0 aliphatic heterocycles. The number of fused-ring (bicyclic) bond motifs is 1. The van der Waals surface area contributed by atoms with Gasteiger partial charge in [-0.2, -0.15) is 5.26 Å². The summed E-state index contributed by atoms with van der Waals surface area (Å²) in [7, 11) is 0. The van der Waals surface area contributed by atoms with E-state index < -0.39 is 0 Å². The molecule has 29 heavy (non-hydrogen) atoms. The molecule has 3 aromatic rings. The summed E-state index contributed by atoms with van der Waals surface area (Å²) in [4.78, 5) is 34.1. The van der Waals surface area contributed by atoms with Crippen molar-refractivity contribution in [3.8, 4) is 6.07 Å². The van der Waals surface area contributed by atoms with Crippen LogP contribution in [-0.4, -0.2) is 33.9 Å². The standard InChI is InChI=1S/C22H23N5O2/c1-2-3-11-27(15-21(28)24-17-8-6-7-16(12-17)13-23)14-20-25-19-10-5-4-9-18(19)22(29)26-20/h4-10,12H,2-3,11,14-15H2,1H3,(H,24,28)(H,25,26,29). The molecule has 148 valence electrons. The lowest BCUT2D eigenvalue weighted by molar-refractivity contribution is -0.117. The van der Waals surface area contributed by atoms with Gasteiger partial charge in [0.15, 0.2) is 0 Å². The van der Waals surface area contributed by atoms with Gasteiger partial charge in [-0.3, -0.25) is 14.5 Å². The molecule has 2 N–H and O–H groups in total. The summed E-state index contributed by atoms with van der Waals surface area (Å²) >= 11 is 0. The van der Waals surface area contributed by atoms with Crippen molar-refractivity contribution >= 4 is 22.5 Å². The molecule has 0 spiro atoms. The summed E-state index contributed by atoms with van der Waals surface area (Å²) in [6, 6.07) is 16.0. The van der Waals surface area contributed by atoms with Gasteiger partial charge in [0, 0.05) is 5.69 Å². The number of nitrogens with zero attached hydrogens (tertiary/aromatic N) is 3. The number of H-pyrrole nitrogens is 1. The van der Waals surface area contributed by atoms with E-state index in [-0.39, 0.29) is 18.0 Å². The van der Waals surface area contributed by atoms with Gasteiger partial charge in [0.25, 0.3) is 5.56 Å². The Balaban J connectivity index is 1.73. The van der Waals surface area contributed by atoms with Crippen LogP contribution in [-0.2, 0) is 11.3 Å². The van der Waals surface area contributed by atoms with E-state index in [0.717, 1.165) is 12.8 Å². The van der Waals surface area contributed by atoms with Gasteiger partial charge >= 0.3 is 0 Å². The summed E-state index contributed by atoms with van der Waals surface area (Å²) in [5.41, 5.74) is 1.53. The number of rotatable bonds is 8. The summed E-state index contributed by atoms with van der Waals surface area (Å²) in [5, 5.41) is 12.4. The van der Waals surface area contributed by atoms with E-state index in [2.05, 4.69) is 28.3 Å². The molecule has 7 heteroatoms. The minimum Gasteiger partial charge on any atom is -0.325 e. The first-order valence-corrected chi connectivity index (χ1v) is 9.59. The molecule has 1 aromatic heterocycles. The highest BCUT2D eigenvalue weighted by atomic mass is 16.2. The molecule has 7 nitrogen and oxygen atoms in total. The van der Waals surface area contributed by atoms with E-state index >= 15 is 0 Å². The van der Waals surface area contributed by atoms with Gasteiger partial charge in [0.2, 0.25) is 5.91 Å². The van der Waals surface area contributed by atoms with Crippen molar-refractivity contribution in [3.05, 3.63) is 70.3 Å². The number of nitrogens with one attached hydrogen (secondary N) is 2. The fourth-order valence-corrected chi connectivity index (χ4v) is 3.09. The molecule has 0 bridgehead atoms. The Morgan fingerprint density at radius 2 is 2.07 bits per heavy atom. The smallest absolute Gasteiger partial charge is 0.258 e. The second-order valence-corrected chi connectivity index (χ2v) is 6.83. The Labute approximate surface area is 169 Å². The van der Waals surface area contributed by atoms with E-state index in [1.54, 1.807) is 42.5 Å². The van der Waals surface area contributed by atoms with E-state index in [1.165, 1.54) is 0 Å². The number of para-hydroxylation sites is 1.